The summed E-state index contributed by atoms with van der Waals surface area (Å²) in [5.41, 5.74) is -0.304. The van der Waals surface area contributed by atoms with Crippen LogP contribution in [0, 0.1) is 0 Å². The van der Waals surface area contributed by atoms with Crippen LogP contribution in [0.3, 0.4) is 0 Å². The first-order valence-corrected chi connectivity index (χ1v) is 7.81. The predicted molar refractivity (Wildman–Crippen MR) is 88.1 cm³/mol. The Morgan fingerprint density at radius 3 is 2.32 bits per heavy atom. The number of ether oxygens (including phenoxy) is 1. The number of aromatic nitrogens is 1. The summed E-state index contributed by atoms with van der Waals surface area (Å²) in [5.74, 6) is 0. The van der Waals surface area contributed by atoms with Crippen molar-refractivity contribution in [1.82, 2.24) is 9.88 Å². The van der Waals surface area contributed by atoms with Gasteiger partial charge in [-0.15, -0.1) is 0 Å². The van der Waals surface area contributed by atoms with E-state index in [9.17, 15) is 18.0 Å². The van der Waals surface area contributed by atoms with Crippen molar-refractivity contribution >= 4 is 6.09 Å². The zero-order valence-electron chi connectivity index (χ0n) is 14.4. The Labute approximate surface area is 144 Å². The average Bonchev–Trinajstić information content (AvgIpc) is 2.87. The number of halogens is 3. The van der Waals surface area contributed by atoms with Crippen molar-refractivity contribution in [2.75, 3.05) is 0 Å². The standard InChI is InChI=1S/C18H21F3N2O2/c1-17(2,3)25-16(24)22-10-14-9-15(18(19,20)21)23(12-14)11-13-7-5-4-6-8-13/h4-9,12H,10-11H2,1-3H3,(H,22,24). The van der Waals surface area contributed by atoms with Gasteiger partial charge in [-0.25, -0.2) is 4.79 Å². The fourth-order valence-electron chi connectivity index (χ4n) is 2.31. The Balaban J connectivity index is 2.13. The van der Waals surface area contributed by atoms with Crippen LogP contribution in [0.1, 0.15) is 37.6 Å². The molecular formula is C18H21F3N2O2. The van der Waals surface area contributed by atoms with Crippen molar-refractivity contribution in [2.45, 2.75) is 45.6 Å². The molecule has 0 fully saturated rings. The van der Waals surface area contributed by atoms with Crippen LogP contribution >= 0.6 is 0 Å². The van der Waals surface area contributed by atoms with Gasteiger partial charge in [-0.3, -0.25) is 0 Å². The number of amides is 1. The molecule has 0 aliphatic heterocycles. The maximum atomic E-state index is 13.3. The highest BCUT2D eigenvalue weighted by Gasteiger charge is 2.34. The number of alkyl halides is 3. The lowest BCUT2D eigenvalue weighted by atomic mass is 10.2. The number of alkyl carbamates (subject to hydrolysis) is 1. The van der Waals surface area contributed by atoms with Gasteiger partial charge in [0, 0.05) is 19.3 Å². The summed E-state index contributed by atoms with van der Waals surface area (Å²) < 4.78 is 46.0. The molecule has 0 saturated carbocycles. The Kier molecular flexibility index (Phi) is 5.45. The van der Waals surface area contributed by atoms with E-state index in [0.717, 1.165) is 16.2 Å². The molecule has 1 amide bonds. The number of carbonyl (C=O) groups is 1. The Bertz CT molecular complexity index is 716. The Hall–Kier alpha value is -2.44. The lowest BCUT2D eigenvalue weighted by Crippen LogP contribution is -2.32. The smallest absolute Gasteiger partial charge is 0.431 e. The summed E-state index contributed by atoms with van der Waals surface area (Å²) in [6.45, 7) is 5.20. The molecule has 0 radical (unpaired) electrons. The number of nitrogens with zero attached hydrogens (tertiary/aromatic N) is 1. The first-order chi connectivity index (χ1) is 11.5. The molecule has 7 heteroatoms. The van der Waals surface area contributed by atoms with Crippen LogP contribution < -0.4 is 5.32 Å². The fraction of sp³-hybridized carbons (Fsp3) is 0.389. The molecule has 1 N–H and O–H groups in total. The molecule has 1 aromatic carbocycles. The maximum absolute atomic E-state index is 13.3. The van der Waals surface area contributed by atoms with Gasteiger partial charge >= 0.3 is 12.3 Å². The quantitative estimate of drug-likeness (QED) is 0.873. The molecule has 0 aliphatic rings. The third-order valence-corrected chi connectivity index (χ3v) is 3.28. The highest BCUT2D eigenvalue weighted by atomic mass is 19.4. The predicted octanol–water partition coefficient (Wildman–Crippen LogP) is 4.58. The molecule has 1 heterocycles. The Morgan fingerprint density at radius 1 is 1.12 bits per heavy atom. The second-order valence-corrected chi connectivity index (χ2v) is 6.70. The second-order valence-electron chi connectivity index (χ2n) is 6.70. The molecule has 0 spiro atoms. The van der Waals surface area contributed by atoms with Crippen molar-refractivity contribution in [3.05, 3.63) is 59.4 Å². The van der Waals surface area contributed by atoms with E-state index in [-0.39, 0.29) is 13.1 Å². The summed E-state index contributed by atoms with van der Waals surface area (Å²) in [7, 11) is 0. The fourth-order valence-corrected chi connectivity index (χ4v) is 2.31. The van der Waals surface area contributed by atoms with Crippen molar-refractivity contribution in [3.63, 3.8) is 0 Å². The number of rotatable bonds is 4. The molecule has 0 aliphatic carbocycles. The summed E-state index contributed by atoms with van der Waals surface area (Å²) in [6.07, 6.45) is -3.75. The molecule has 136 valence electrons. The van der Waals surface area contributed by atoms with Gasteiger partial charge in [0.2, 0.25) is 0 Å². The monoisotopic (exact) mass is 354 g/mol. The highest BCUT2D eigenvalue weighted by molar-refractivity contribution is 5.67. The van der Waals surface area contributed by atoms with Gasteiger partial charge in [-0.1, -0.05) is 30.3 Å². The van der Waals surface area contributed by atoms with Crippen molar-refractivity contribution in [1.29, 1.82) is 0 Å². The molecule has 0 unspecified atom stereocenters. The zero-order chi connectivity index (χ0) is 18.7. The van der Waals surface area contributed by atoms with Gasteiger partial charge < -0.3 is 14.6 Å². The zero-order valence-corrected chi connectivity index (χ0v) is 14.4. The van der Waals surface area contributed by atoms with Crippen LogP contribution in [-0.2, 0) is 24.0 Å². The minimum atomic E-state index is -4.47. The lowest BCUT2D eigenvalue weighted by Gasteiger charge is -2.19. The minimum absolute atomic E-state index is 0.0419. The van der Waals surface area contributed by atoms with Gasteiger partial charge in [0.25, 0.3) is 0 Å². The van der Waals surface area contributed by atoms with Crippen LogP contribution in [0.4, 0.5) is 18.0 Å². The third-order valence-electron chi connectivity index (χ3n) is 3.28. The first-order valence-electron chi connectivity index (χ1n) is 7.81. The van der Waals surface area contributed by atoms with Crippen molar-refractivity contribution < 1.29 is 22.7 Å². The van der Waals surface area contributed by atoms with E-state index >= 15 is 0 Å². The molecule has 1 aromatic heterocycles. The van der Waals surface area contributed by atoms with Gasteiger partial charge in [0.05, 0.1) is 0 Å². The summed E-state index contributed by atoms with van der Waals surface area (Å²) >= 11 is 0. The summed E-state index contributed by atoms with van der Waals surface area (Å²) in [4.78, 5) is 11.6. The van der Waals surface area contributed by atoms with Crippen LogP contribution in [0.25, 0.3) is 0 Å². The van der Waals surface area contributed by atoms with Crippen molar-refractivity contribution in [3.8, 4) is 0 Å². The minimum Gasteiger partial charge on any atom is -0.444 e. The first kappa shape index (κ1) is 18.9. The number of hydrogen-bond acceptors (Lipinski definition) is 2. The van der Waals surface area contributed by atoms with Crippen LogP contribution in [0.2, 0.25) is 0 Å². The third kappa shape index (κ3) is 5.85. The van der Waals surface area contributed by atoms with Crippen LogP contribution in [-0.4, -0.2) is 16.3 Å². The van der Waals surface area contributed by atoms with E-state index in [0.29, 0.717) is 5.56 Å². The normalized spacial score (nSPS) is 12.1. The van der Waals surface area contributed by atoms with E-state index in [1.54, 1.807) is 51.1 Å². The molecule has 25 heavy (non-hydrogen) atoms. The lowest BCUT2D eigenvalue weighted by molar-refractivity contribution is -0.143. The van der Waals surface area contributed by atoms with E-state index < -0.39 is 23.6 Å². The van der Waals surface area contributed by atoms with Crippen LogP contribution in [0.5, 0.6) is 0 Å². The number of benzene rings is 1. The van der Waals surface area contributed by atoms with Gasteiger partial charge in [-0.2, -0.15) is 13.2 Å². The molecule has 4 nitrogen and oxygen atoms in total. The summed E-state index contributed by atoms with van der Waals surface area (Å²) in [6, 6.07) is 9.92. The molecule has 0 bridgehead atoms. The van der Waals surface area contributed by atoms with E-state index in [2.05, 4.69) is 5.32 Å². The molecule has 2 rings (SSSR count). The SMILES string of the molecule is CC(C)(C)OC(=O)NCc1cc(C(F)(F)F)n(Cc2ccccc2)c1. The molecule has 0 atom stereocenters. The second kappa shape index (κ2) is 7.21. The van der Waals surface area contributed by atoms with E-state index in [1.165, 1.54) is 6.20 Å². The molecular weight excluding hydrogens is 333 g/mol. The number of carbonyl (C=O) groups excluding carboxylic acids is 1. The van der Waals surface area contributed by atoms with Gasteiger partial charge in [-0.05, 0) is 38.0 Å². The van der Waals surface area contributed by atoms with Gasteiger partial charge in [0.15, 0.2) is 0 Å². The van der Waals surface area contributed by atoms with E-state index in [4.69, 9.17) is 4.74 Å². The van der Waals surface area contributed by atoms with Gasteiger partial charge in [0.1, 0.15) is 11.3 Å². The number of hydrogen-bond donors (Lipinski definition) is 1. The van der Waals surface area contributed by atoms with Crippen molar-refractivity contribution in [2.24, 2.45) is 0 Å². The molecule has 2 aromatic rings. The maximum Gasteiger partial charge on any atom is 0.431 e. The molecule has 0 saturated heterocycles. The van der Waals surface area contributed by atoms with Crippen LogP contribution in [0.15, 0.2) is 42.6 Å². The average molecular weight is 354 g/mol. The topological polar surface area (TPSA) is 43.3 Å². The highest BCUT2D eigenvalue weighted by Crippen LogP contribution is 2.31. The van der Waals surface area contributed by atoms with E-state index in [1.807, 2.05) is 0 Å². The Morgan fingerprint density at radius 2 is 1.76 bits per heavy atom. The largest absolute Gasteiger partial charge is 0.444 e. The summed E-state index contributed by atoms with van der Waals surface area (Å²) in [5, 5.41) is 2.47. The number of nitrogens with one attached hydrogen (secondary N) is 1.